The van der Waals surface area contributed by atoms with Gasteiger partial charge in [-0.15, -0.1) is 0 Å². The van der Waals surface area contributed by atoms with Crippen LogP contribution in [-0.4, -0.2) is 20.6 Å². The molecule has 0 aliphatic carbocycles. The number of carbonyl (C=O) groups is 1. The number of carbonyl (C=O) groups excluding carboxylic acids is 1. The molecule has 0 aliphatic heterocycles. The van der Waals surface area contributed by atoms with Crippen LogP contribution < -0.4 is 11.1 Å². The summed E-state index contributed by atoms with van der Waals surface area (Å²) in [4.78, 5) is 27.1. The quantitative estimate of drug-likeness (QED) is 0.437. The van der Waals surface area contributed by atoms with E-state index in [4.69, 9.17) is 0 Å². The lowest BCUT2D eigenvalue weighted by Crippen LogP contribution is -2.18. The van der Waals surface area contributed by atoms with Crippen molar-refractivity contribution in [3.05, 3.63) is 70.3 Å². The number of anilines is 1. The molecule has 31 heavy (non-hydrogen) atoms. The van der Waals surface area contributed by atoms with E-state index < -0.39 is 5.76 Å². The van der Waals surface area contributed by atoms with Gasteiger partial charge in [0.05, 0.1) is 17.3 Å². The monoisotopic (exact) mass is 415 g/mol. The second-order valence-electron chi connectivity index (χ2n) is 7.22. The number of benzene rings is 2. The second kappa shape index (κ2) is 8.71. The Morgan fingerprint density at radius 3 is 2.81 bits per heavy atom. The average Bonchev–Trinajstić information content (AvgIpc) is 3.38. The van der Waals surface area contributed by atoms with E-state index in [0.29, 0.717) is 22.5 Å². The van der Waals surface area contributed by atoms with Gasteiger partial charge in [-0.3, -0.25) is 14.3 Å². The molecular formula is C23H21N5O3. The Labute approximate surface area is 178 Å². The van der Waals surface area contributed by atoms with Crippen LogP contribution >= 0.6 is 0 Å². The molecule has 2 aromatic heterocycles. The normalized spacial score (nSPS) is 10.8. The maximum atomic E-state index is 13.3. The summed E-state index contributed by atoms with van der Waals surface area (Å²) in [7, 11) is 0. The number of amides is 1. The number of H-pyrrole nitrogens is 1. The van der Waals surface area contributed by atoms with Crippen LogP contribution in [0, 0.1) is 11.3 Å². The zero-order valence-corrected chi connectivity index (χ0v) is 17.0. The van der Waals surface area contributed by atoms with E-state index in [2.05, 4.69) is 26.9 Å². The maximum Gasteiger partial charge on any atom is 0.439 e. The summed E-state index contributed by atoms with van der Waals surface area (Å²) >= 11 is 0. The number of nitrogens with zero attached hydrogens (tertiary/aromatic N) is 3. The zero-order chi connectivity index (χ0) is 21.8. The van der Waals surface area contributed by atoms with E-state index in [1.54, 1.807) is 18.2 Å². The van der Waals surface area contributed by atoms with Gasteiger partial charge in [-0.2, -0.15) is 5.26 Å². The number of hydrogen-bond acceptors (Lipinski definition) is 5. The number of nitriles is 1. The molecule has 8 nitrogen and oxygen atoms in total. The van der Waals surface area contributed by atoms with Gasteiger partial charge in [-0.1, -0.05) is 43.1 Å². The first-order valence-electron chi connectivity index (χ1n) is 10.1. The number of aromatic nitrogens is 3. The van der Waals surface area contributed by atoms with Crippen molar-refractivity contribution < 1.29 is 9.32 Å². The van der Waals surface area contributed by atoms with Crippen LogP contribution in [0.3, 0.4) is 0 Å². The number of hydrogen-bond donors (Lipinski definition) is 2. The highest BCUT2D eigenvalue weighted by molar-refractivity contribution is 6.08. The number of aryl methyl sites for hydroxylation is 1. The van der Waals surface area contributed by atoms with Gasteiger partial charge < -0.3 is 9.88 Å². The predicted octanol–water partition coefficient (Wildman–Crippen LogP) is 4.30. The largest absolute Gasteiger partial charge is 0.439 e. The Bertz CT molecular complexity index is 1340. The predicted molar refractivity (Wildman–Crippen MR) is 117 cm³/mol. The van der Waals surface area contributed by atoms with Crippen molar-refractivity contribution in [1.82, 2.24) is 14.7 Å². The topological polar surface area (TPSA) is 117 Å². The molecule has 0 bridgehead atoms. The van der Waals surface area contributed by atoms with Crippen molar-refractivity contribution in [1.29, 1.82) is 5.26 Å². The molecule has 0 aliphatic rings. The third-order valence-electron chi connectivity index (χ3n) is 5.12. The van der Waals surface area contributed by atoms with Crippen LogP contribution in [0.4, 0.5) is 5.69 Å². The maximum absolute atomic E-state index is 13.3. The Hall–Kier alpha value is -4.12. The molecule has 0 radical (unpaired) electrons. The number of para-hydroxylation sites is 1. The number of aromatic amines is 1. The van der Waals surface area contributed by atoms with Crippen molar-refractivity contribution in [3.63, 3.8) is 0 Å². The highest BCUT2D eigenvalue weighted by Crippen LogP contribution is 2.28. The molecule has 0 saturated carbocycles. The summed E-state index contributed by atoms with van der Waals surface area (Å²) in [6.45, 7) is 2.88. The van der Waals surface area contributed by atoms with Gasteiger partial charge in [0.2, 0.25) is 0 Å². The average molecular weight is 415 g/mol. The lowest BCUT2D eigenvalue weighted by Gasteiger charge is -2.13. The van der Waals surface area contributed by atoms with Crippen LogP contribution in [0.2, 0.25) is 0 Å². The molecule has 2 aromatic carbocycles. The fraction of sp³-hybridized carbons (Fsp3) is 0.217. The van der Waals surface area contributed by atoms with Gasteiger partial charge in [0.1, 0.15) is 5.69 Å². The molecule has 4 rings (SSSR count). The Morgan fingerprint density at radius 2 is 2.06 bits per heavy atom. The van der Waals surface area contributed by atoms with Crippen LogP contribution in [-0.2, 0) is 6.54 Å². The molecule has 2 heterocycles. The highest BCUT2D eigenvalue weighted by atomic mass is 16.5. The van der Waals surface area contributed by atoms with E-state index in [0.717, 1.165) is 36.7 Å². The number of nitrogens with one attached hydrogen (secondary N) is 2. The Kier molecular flexibility index (Phi) is 5.67. The minimum atomic E-state index is -0.717. The summed E-state index contributed by atoms with van der Waals surface area (Å²) in [5.74, 6) is -0.865. The first kappa shape index (κ1) is 20.2. The van der Waals surface area contributed by atoms with Gasteiger partial charge in [0.15, 0.2) is 5.82 Å². The molecule has 4 aromatic rings. The number of unbranched alkanes of at least 4 members (excludes halogenated alkanes) is 2. The molecule has 0 spiro atoms. The van der Waals surface area contributed by atoms with Gasteiger partial charge in [-0.05, 0) is 36.8 Å². The fourth-order valence-corrected chi connectivity index (χ4v) is 3.61. The summed E-state index contributed by atoms with van der Waals surface area (Å²) in [6, 6.07) is 16.6. The highest BCUT2D eigenvalue weighted by Gasteiger charge is 2.18. The van der Waals surface area contributed by atoms with E-state index in [9.17, 15) is 14.9 Å². The SMILES string of the molecule is CCCCCn1c(C(=O)Nc2ccc(C#N)cc2-c2noc(=O)[nH]2)cc2ccccc21. The van der Waals surface area contributed by atoms with Gasteiger partial charge in [-0.25, -0.2) is 4.79 Å². The van der Waals surface area contributed by atoms with Crippen LogP contribution in [0.5, 0.6) is 0 Å². The second-order valence-corrected chi connectivity index (χ2v) is 7.22. The van der Waals surface area contributed by atoms with E-state index >= 15 is 0 Å². The first-order chi connectivity index (χ1) is 15.1. The Morgan fingerprint density at radius 1 is 1.23 bits per heavy atom. The van der Waals surface area contributed by atoms with Gasteiger partial charge >= 0.3 is 5.76 Å². The van der Waals surface area contributed by atoms with Crippen molar-refractivity contribution in [2.75, 3.05) is 5.32 Å². The van der Waals surface area contributed by atoms with Crippen molar-refractivity contribution in [2.45, 2.75) is 32.7 Å². The molecule has 0 fully saturated rings. The van der Waals surface area contributed by atoms with Crippen molar-refractivity contribution >= 4 is 22.5 Å². The van der Waals surface area contributed by atoms with Gasteiger partial charge in [0.25, 0.3) is 5.91 Å². The molecule has 156 valence electrons. The molecular weight excluding hydrogens is 394 g/mol. The molecule has 0 unspecified atom stereocenters. The summed E-state index contributed by atoms with van der Waals surface area (Å²) in [6.07, 6.45) is 3.13. The van der Waals surface area contributed by atoms with Crippen LogP contribution in [0.25, 0.3) is 22.3 Å². The molecule has 8 heteroatoms. The number of rotatable bonds is 7. The Balaban J connectivity index is 1.72. The third-order valence-corrected chi connectivity index (χ3v) is 5.12. The number of fused-ring (bicyclic) bond motifs is 1. The molecule has 1 amide bonds. The van der Waals surface area contributed by atoms with Crippen molar-refractivity contribution in [3.8, 4) is 17.5 Å². The lowest BCUT2D eigenvalue weighted by atomic mass is 10.1. The summed E-state index contributed by atoms with van der Waals surface area (Å²) in [5.41, 5.74) is 2.72. The zero-order valence-electron chi connectivity index (χ0n) is 17.0. The first-order valence-corrected chi connectivity index (χ1v) is 10.1. The smallest absolute Gasteiger partial charge is 0.336 e. The molecule has 0 atom stereocenters. The van der Waals surface area contributed by atoms with E-state index in [1.807, 2.05) is 41.0 Å². The van der Waals surface area contributed by atoms with Crippen molar-refractivity contribution in [2.24, 2.45) is 0 Å². The standard InChI is InChI=1S/C23H21N5O3/c1-2-3-6-11-28-19-8-5-4-7-16(19)13-20(28)22(29)25-18-10-9-15(14-24)12-17(18)21-26-23(30)31-27-21/h4-5,7-10,12-13H,2-3,6,11H2,1H3,(H,25,29)(H,26,27,30). The minimum absolute atomic E-state index is 0.140. The van der Waals surface area contributed by atoms with Gasteiger partial charge in [0, 0.05) is 23.0 Å². The summed E-state index contributed by atoms with van der Waals surface area (Å²) in [5, 5.41) is 16.8. The van der Waals surface area contributed by atoms with Crippen LogP contribution in [0.15, 0.2) is 57.8 Å². The summed E-state index contributed by atoms with van der Waals surface area (Å²) < 4.78 is 6.62. The van der Waals surface area contributed by atoms with Crippen LogP contribution in [0.1, 0.15) is 42.2 Å². The molecule has 0 saturated heterocycles. The minimum Gasteiger partial charge on any atom is -0.336 e. The van der Waals surface area contributed by atoms with E-state index in [1.165, 1.54) is 0 Å². The third kappa shape index (κ3) is 4.12. The molecule has 2 N–H and O–H groups in total. The lowest BCUT2D eigenvalue weighted by molar-refractivity contribution is 0.101. The fourth-order valence-electron chi connectivity index (χ4n) is 3.61. The van der Waals surface area contributed by atoms with E-state index in [-0.39, 0.29) is 11.7 Å².